The maximum Gasteiger partial charge on any atom is 0.333 e. The van der Waals surface area contributed by atoms with Gasteiger partial charge in [0.15, 0.2) is 0 Å². The zero-order chi connectivity index (χ0) is 32.5. The van der Waals surface area contributed by atoms with Crippen LogP contribution in [0.5, 0.6) is 17.2 Å². The van der Waals surface area contributed by atoms with E-state index in [9.17, 15) is 0 Å². The number of unbranched alkanes of at least 4 members (excludes halogenated alkanes) is 6. The molecular weight excluding hydrogens is 595 g/mol. The predicted molar refractivity (Wildman–Crippen MR) is 190 cm³/mol. The first-order valence-electron chi connectivity index (χ1n) is 17.5. The molecule has 0 heterocycles. The van der Waals surface area contributed by atoms with Crippen molar-refractivity contribution in [1.82, 2.24) is 0 Å². The second kappa shape index (κ2) is 24.5. The van der Waals surface area contributed by atoms with Gasteiger partial charge in [-0.05, 0) is 74.9 Å². The first-order chi connectivity index (χ1) is 22.7. The van der Waals surface area contributed by atoms with Gasteiger partial charge >= 0.3 is 8.60 Å². The van der Waals surface area contributed by atoms with Gasteiger partial charge in [0.2, 0.25) is 0 Å². The summed E-state index contributed by atoms with van der Waals surface area (Å²) in [5.74, 6) is 2.54. The Morgan fingerprint density at radius 3 is 0.957 bits per heavy atom. The van der Waals surface area contributed by atoms with Gasteiger partial charge in [0, 0.05) is 0 Å². The van der Waals surface area contributed by atoms with Crippen molar-refractivity contribution in [2.24, 2.45) is 0 Å². The minimum Gasteiger partial charge on any atom is -0.488 e. The van der Waals surface area contributed by atoms with Crippen molar-refractivity contribution < 1.29 is 27.8 Å². The van der Waals surface area contributed by atoms with Crippen LogP contribution < -0.4 is 14.2 Å². The van der Waals surface area contributed by atoms with Crippen molar-refractivity contribution >= 4 is 8.60 Å². The molecule has 6 nitrogen and oxygen atoms in total. The van der Waals surface area contributed by atoms with Crippen molar-refractivity contribution in [2.75, 3.05) is 19.8 Å². The maximum absolute atomic E-state index is 6.44. The van der Waals surface area contributed by atoms with Crippen molar-refractivity contribution in [3.05, 3.63) is 91.0 Å². The van der Waals surface area contributed by atoms with E-state index in [0.29, 0.717) is 19.8 Å². The number of rotatable bonds is 27. The molecule has 0 aliphatic carbocycles. The van der Waals surface area contributed by atoms with E-state index >= 15 is 0 Å². The van der Waals surface area contributed by atoms with Crippen LogP contribution in [-0.4, -0.2) is 38.1 Å². The van der Waals surface area contributed by atoms with Gasteiger partial charge in [-0.1, -0.05) is 114 Å². The Balaban J connectivity index is 1.70. The highest BCUT2D eigenvalue weighted by Gasteiger charge is 2.23. The SMILES string of the molecule is CCCCCC(COP(OCC(CCCCC)Oc1ccccc1)OCC(CCCCC)Oc1ccccc1)Oc1ccccc1. The molecule has 46 heavy (non-hydrogen) atoms. The van der Waals surface area contributed by atoms with Gasteiger partial charge in [-0.25, -0.2) is 0 Å². The molecule has 3 rings (SSSR count). The van der Waals surface area contributed by atoms with Gasteiger partial charge in [-0.2, -0.15) is 0 Å². The topological polar surface area (TPSA) is 55.4 Å². The van der Waals surface area contributed by atoms with Gasteiger partial charge in [0.1, 0.15) is 35.6 Å². The lowest BCUT2D eigenvalue weighted by Crippen LogP contribution is -2.26. The van der Waals surface area contributed by atoms with Crippen LogP contribution in [0.3, 0.4) is 0 Å². The molecule has 0 N–H and O–H groups in total. The quantitative estimate of drug-likeness (QED) is 0.0603. The summed E-state index contributed by atoms with van der Waals surface area (Å²) in [5.41, 5.74) is 0. The maximum atomic E-state index is 6.44. The fourth-order valence-electron chi connectivity index (χ4n) is 5.01. The Labute approximate surface area is 280 Å². The van der Waals surface area contributed by atoms with Crippen molar-refractivity contribution in [3.8, 4) is 17.2 Å². The Kier molecular flexibility index (Phi) is 20.2. The molecule has 7 heteroatoms. The monoisotopic (exact) mass is 652 g/mol. The molecule has 0 saturated heterocycles. The van der Waals surface area contributed by atoms with Crippen LogP contribution in [-0.2, 0) is 13.6 Å². The van der Waals surface area contributed by atoms with Crippen LogP contribution in [0.15, 0.2) is 91.0 Å². The highest BCUT2D eigenvalue weighted by Crippen LogP contribution is 2.41. The summed E-state index contributed by atoms with van der Waals surface area (Å²) in [5, 5.41) is 0. The molecule has 0 amide bonds. The Hall–Kier alpha value is -2.63. The molecule has 0 saturated carbocycles. The van der Waals surface area contributed by atoms with E-state index in [2.05, 4.69) is 20.8 Å². The number of hydrogen-bond acceptors (Lipinski definition) is 6. The summed E-state index contributed by atoms with van der Waals surface area (Å²) in [4.78, 5) is 0. The van der Waals surface area contributed by atoms with Crippen LogP contribution in [0, 0.1) is 0 Å². The van der Waals surface area contributed by atoms with Crippen molar-refractivity contribution in [3.63, 3.8) is 0 Å². The molecule has 0 fully saturated rings. The summed E-state index contributed by atoms with van der Waals surface area (Å²) in [7, 11) is -1.68. The van der Waals surface area contributed by atoms with Crippen LogP contribution in [0.1, 0.15) is 97.8 Å². The third-order valence-corrected chi connectivity index (χ3v) is 8.70. The highest BCUT2D eigenvalue weighted by molar-refractivity contribution is 7.41. The summed E-state index contributed by atoms with van der Waals surface area (Å²) >= 11 is 0. The Morgan fingerprint density at radius 2 is 0.696 bits per heavy atom. The van der Waals surface area contributed by atoms with Gasteiger partial charge in [0.05, 0.1) is 19.8 Å². The second-order valence-electron chi connectivity index (χ2n) is 11.8. The molecule has 3 aromatic carbocycles. The minimum atomic E-state index is -1.68. The molecule has 0 bridgehead atoms. The molecule has 0 aliphatic rings. The lowest BCUT2D eigenvalue weighted by Gasteiger charge is -2.26. The van der Waals surface area contributed by atoms with Gasteiger partial charge in [-0.3, -0.25) is 0 Å². The van der Waals surface area contributed by atoms with Gasteiger partial charge < -0.3 is 27.8 Å². The molecule has 0 aliphatic heterocycles. The summed E-state index contributed by atoms with van der Waals surface area (Å²) in [6.07, 6.45) is 12.5. The predicted octanol–water partition coefficient (Wildman–Crippen LogP) is 11.3. The Morgan fingerprint density at radius 1 is 0.413 bits per heavy atom. The molecular formula is C39H57O6P. The van der Waals surface area contributed by atoms with E-state index in [1.54, 1.807) is 0 Å². The average molecular weight is 653 g/mol. The lowest BCUT2D eigenvalue weighted by molar-refractivity contribution is 0.0506. The second-order valence-corrected chi connectivity index (χ2v) is 13.0. The van der Waals surface area contributed by atoms with Gasteiger partial charge in [-0.15, -0.1) is 0 Å². The lowest BCUT2D eigenvalue weighted by atomic mass is 10.1. The highest BCUT2D eigenvalue weighted by atomic mass is 31.2. The molecule has 0 spiro atoms. The Bertz CT molecular complexity index is 962. The minimum absolute atomic E-state index is 0.104. The van der Waals surface area contributed by atoms with Crippen LogP contribution >= 0.6 is 8.60 Å². The van der Waals surface area contributed by atoms with Crippen molar-refractivity contribution in [2.45, 2.75) is 116 Å². The van der Waals surface area contributed by atoms with E-state index in [4.69, 9.17) is 27.8 Å². The number of benzene rings is 3. The first-order valence-corrected chi connectivity index (χ1v) is 18.6. The summed E-state index contributed by atoms with van der Waals surface area (Å²) < 4.78 is 38.5. The van der Waals surface area contributed by atoms with E-state index in [1.807, 2.05) is 91.0 Å². The van der Waals surface area contributed by atoms with Crippen LogP contribution in [0.2, 0.25) is 0 Å². The van der Waals surface area contributed by atoms with Crippen molar-refractivity contribution in [1.29, 1.82) is 0 Å². The third-order valence-electron chi connectivity index (χ3n) is 7.62. The van der Waals surface area contributed by atoms with E-state index in [-0.39, 0.29) is 18.3 Å². The van der Waals surface area contributed by atoms with Crippen LogP contribution in [0.25, 0.3) is 0 Å². The van der Waals surface area contributed by atoms with Crippen LogP contribution in [0.4, 0.5) is 0 Å². The molecule has 3 aromatic rings. The van der Waals surface area contributed by atoms with Gasteiger partial charge in [0.25, 0.3) is 0 Å². The summed E-state index contributed by atoms with van der Waals surface area (Å²) in [6.45, 7) is 7.79. The fourth-order valence-corrected chi connectivity index (χ4v) is 6.10. The van der Waals surface area contributed by atoms with E-state index in [1.165, 1.54) is 0 Å². The number of hydrogen-bond donors (Lipinski definition) is 0. The average Bonchev–Trinajstić information content (AvgIpc) is 3.09. The molecule has 0 aromatic heterocycles. The standard InChI is InChI=1S/C39H57O6P/c1-4-7-13-28-37(43-34-22-16-10-17-23-34)31-40-46(41-32-38(29-14-8-5-2)44-35-24-18-11-19-25-35)42-33-39(30-15-9-6-3)45-36-26-20-12-21-27-36/h10-12,16-27,37-39H,4-9,13-15,28-33H2,1-3H3. The van der Waals surface area contributed by atoms with E-state index in [0.717, 1.165) is 94.3 Å². The third kappa shape index (κ3) is 16.8. The zero-order valence-electron chi connectivity index (χ0n) is 28.4. The smallest absolute Gasteiger partial charge is 0.333 e. The molecule has 3 unspecified atom stereocenters. The normalized spacial score (nSPS) is 13.9. The number of para-hydroxylation sites is 3. The first kappa shape index (κ1) is 37.8. The zero-order valence-corrected chi connectivity index (χ0v) is 29.3. The largest absolute Gasteiger partial charge is 0.488 e. The fraction of sp³-hybridized carbons (Fsp3) is 0.538. The van der Waals surface area contributed by atoms with E-state index < -0.39 is 8.60 Å². The molecule has 0 radical (unpaired) electrons. The molecule has 3 atom stereocenters. The molecule has 254 valence electrons. The number of ether oxygens (including phenoxy) is 3. The summed E-state index contributed by atoms with van der Waals surface area (Å²) in [6, 6.07) is 29.9.